The van der Waals surface area contributed by atoms with Crippen molar-refractivity contribution in [2.24, 2.45) is 0 Å². The third kappa shape index (κ3) is 2.32. The van der Waals surface area contributed by atoms with Crippen molar-refractivity contribution in [3.63, 3.8) is 0 Å². The number of carbonyl (C=O) groups is 1. The number of anilines is 1. The summed E-state index contributed by atoms with van der Waals surface area (Å²) in [5, 5.41) is 8.62. The lowest BCUT2D eigenvalue weighted by Crippen LogP contribution is -2.22. The van der Waals surface area contributed by atoms with E-state index in [9.17, 15) is 4.79 Å². The Morgan fingerprint density at radius 3 is 3.06 bits per heavy atom. The van der Waals surface area contributed by atoms with E-state index in [0.717, 1.165) is 18.7 Å². The van der Waals surface area contributed by atoms with Crippen molar-refractivity contribution in [3.8, 4) is 0 Å². The Labute approximate surface area is 94.9 Å². The normalized spacial score (nSPS) is 13.6. The minimum absolute atomic E-state index is 0.148. The lowest BCUT2D eigenvalue weighted by Gasteiger charge is -2.17. The van der Waals surface area contributed by atoms with Gasteiger partial charge >= 0.3 is 5.97 Å². The zero-order valence-corrected chi connectivity index (χ0v) is 9.44. The third-order valence-electron chi connectivity index (χ3n) is 2.97. The van der Waals surface area contributed by atoms with E-state index in [4.69, 9.17) is 5.11 Å². The maximum absolute atomic E-state index is 10.5. The quantitative estimate of drug-likeness (QED) is 0.835. The van der Waals surface area contributed by atoms with Gasteiger partial charge < -0.3 is 10.0 Å². The van der Waals surface area contributed by atoms with Gasteiger partial charge in [-0.3, -0.25) is 4.79 Å². The first kappa shape index (κ1) is 10.9. The summed E-state index contributed by atoms with van der Waals surface area (Å²) in [5.41, 5.74) is 2.52. The monoisotopic (exact) mass is 220 g/mol. The van der Waals surface area contributed by atoms with Gasteiger partial charge in [-0.25, -0.2) is 4.98 Å². The molecule has 0 bridgehead atoms. The highest BCUT2D eigenvalue weighted by Crippen LogP contribution is 2.22. The Bertz CT molecular complexity index is 404. The van der Waals surface area contributed by atoms with Gasteiger partial charge in [-0.15, -0.1) is 0 Å². The van der Waals surface area contributed by atoms with E-state index in [-0.39, 0.29) is 6.42 Å². The van der Waals surface area contributed by atoms with Crippen molar-refractivity contribution in [1.29, 1.82) is 0 Å². The highest BCUT2D eigenvalue weighted by Gasteiger charge is 2.14. The second-order valence-electron chi connectivity index (χ2n) is 4.19. The molecule has 4 heteroatoms. The molecule has 0 radical (unpaired) electrons. The number of rotatable bonds is 4. The van der Waals surface area contributed by atoms with Gasteiger partial charge in [0, 0.05) is 19.3 Å². The summed E-state index contributed by atoms with van der Waals surface area (Å²) >= 11 is 0. The second-order valence-corrected chi connectivity index (χ2v) is 4.19. The fraction of sp³-hybridized carbons (Fsp3) is 0.500. The van der Waals surface area contributed by atoms with Crippen LogP contribution in [-0.2, 0) is 17.6 Å². The number of carboxylic acid groups (broad SMARTS) is 1. The summed E-state index contributed by atoms with van der Waals surface area (Å²) in [4.78, 5) is 16.9. The number of hydrogen-bond acceptors (Lipinski definition) is 3. The minimum Gasteiger partial charge on any atom is -0.481 e. The van der Waals surface area contributed by atoms with Crippen LogP contribution < -0.4 is 4.90 Å². The van der Waals surface area contributed by atoms with Gasteiger partial charge in [0.1, 0.15) is 5.82 Å². The van der Waals surface area contributed by atoms with Crippen LogP contribution in [0.5, 0.6) is 0 Å². The Balaban J connectivity index is 2.06. The van der Waals surface area contributed by atoms with E-state index >= 15 is 0 Å². The van der Waals surface area contributed by atoms with E-state index < -0.39 is 5.97 Å². The van der Waals surface area contributed by atoms with Gasteiger partial charge in [0.2, 0.25) is 0 Å². The molecule has 0 amide bonds. The number of fused-ring (bicyclic) bond motifs is 1. The highest BCUT2D eigenvalue weighted by atomic mass is 16.4. The van der Waals surface area contributed by atoms with Gasteiger partial charge in [0.25, 0.3) is 0 Å². The minimum atomic E-state index is -0.770. The van der Waals surface area contributed by atoms with Crippen molar-refractivity contribution in [2.75, 3.05) is 18.5 Å². The van der Waals surface area contributed by atoms with Crippen LogP contribution in [0.2, 0.25) is 0 Å². The van der Waals surface area contributed by atoms with Gasteiger partial charge in [0.05, 0.1) is 6.42 Å². The number of aryl methyl sites for hydroxylation is 2. The number of nitrogens with zero attached hydrogens (tertiary/aromatic N) is 2. The average Bonchev–Trinajstić information content (AvgIpc) is 2.72. The number of aliphatic carboxylic acids is 1. The highest BCUT2D eigenvalue weighted by molar-refractivity contribution is 5.67. The molecule has 0 spiro atoms. The molecule has 1 aliphatic carbocycles. The SMILES string of the molecule is CN(CCC(=O)O)c1ccc2c(n1)CCC2. The summed E-state index contributed by atoms with van der Waals surface area (Å²) in [6.07, 6.45) is 3.51. The molecule has 0 unspecified atom stereocenters. The summed E-state index contributed by atoms with van der Waals surface area (Å²) in [5.74, 6) is 0.106. The topological polar surface area (TPSA) is 53.4 Å². The maximum Gasteiger partial charge on any atom is 0.305 e. The maximum atomic E-state index is 10.5. The fourth-order valence-corrected chi connectivity index (χ4v) is 2.00. The summed E-state index contributed by atoms with van der Waals surface area (Å²) in [6.45, 7) is 0.501. The molecule has 1 aromatic heterocycles. The van der Waals surface area contributed by atoms with Crippen molar-refractivity contribution in [3.05, 3.63) is 23.4 Å². The predicted molar refractivity (Wildman–Crippen MR) is 61.8 cm³/mol. The first-order valence-corrected chi connectivity index (χ1v) is 5.58. The molecule has 0 aromatic carbocycles. The molecule has 1 aromatic rings. The smallest absolute Gasteiger partial charge is 0.305 e. The van der Waals surface area contributed by atoms with E-state index in [2.05, 4.69) is 11.1 Å². The van der Waals surface area contributed by atoms with E-state index in [0.29, 0.717) is 6.54 Å². The Kier molecular flexibility index (Phi) is 3.08. The van der Waals surface area contributed by atoms with Crippen molar-refractivity contribution < 1.29 is 9.90 Å². The molecule has 0 aliphatic heterocycles. The van der Waals surface area contributed by atoms with Crippen LogP contribution in [0.1, 0.15) is 24.1 Å². The zero-order chi connectivity index (χ0) is 11.5. The molecule has 16 heavy (non-hydrogen) atoms. The number of pyridine rings is 1. The van der Waals surface area contributed by atoms with Crippen LogP contribution in [0.3, 0.4) is 0 Å². The van der Waals surface area contributed by atoms with Crippen LogP contribution in [0.25, 0.3) is 0 Å². The van der Waals surface area contributed by atoms with E-state index in [1.165, 1.54) is 17.7 Å². The lowest BCUT2D eigenvalue weighted by molar-refractivity contribution is -0.136. The number of carboxylic acids is 1. The molecule has 1 N–H and O–H groups in total. The van der Waals surface area contributed by atoms with Crippen LogP contribution in [0.4, 0.5) is 5.82 Å². The first-order valence-electron chi connectivity index (χ1n) is 5.58. The van der Waals surface area contributed by atoms with Gasteiger partial charge in [0.15, 0.2) is 0 Å². The molecule has 1 heterocycles. The first-order chi connectivity index (χ1) is 7.66. The fourth-order valence-electron chi connectivity index (χ4n) is 2.00. The van der Waals surface area contributed by atoms with Crippen LogP contribution >= 0.6 is 0 Å². The molecule has 1 aliphatic rings. The zero-order valence-electron chi connectivity index (χ0n) is 9.44. The summed E-state index contributed by atoms with van der Waals surface area (Å²) in [6, 6.07) is 4.09. The molecule has 4 nitrogen and oxygen atoms in total. The van der Waals surface area contributed by atoms with E-state index in [1.807, 2.05) is 18.0 Å². The third-order valence-corrected chi connectivity index (χ3v) is 2.97. The molecule has 0 fully saturated rings. The van der Waals surface area contributed by atoms with E-state index in [1.54, 1.807) is 0 Å². The van der Waals surface area contributed by atoms with Crippen LogP contribution in [0.15, 0.2) is 12.1 Å². The van der Waals surface area contributed by atoms with Gasteiger partial charge in [-0.05, 0) is 30.9 Å². The molecular weight excluding hydrogens is 204 g/mol. The van der Waals surface area contributed by atoms with Gasteiger partial charge in [-0.1, -0.05) is 6.07 Å². The average molecular weight is 220 g/mol. The molecule has 0 saturated heterocycles. The Morgan fingerprint density at radius 2 is 2.31 bits per heavy atom. The molecular formula is C12H16N2O2. The standard InChI is InChI=1S/C12H16N2O2/c1-14(8-7-12(15)16)11-6-5-9-3-2-4-10(9)13-11/h5-6H,2-4,7-8H2,1H3,(H,15,16). The number of hydrogen-bond donors (Lipinski definition) is 1. The molecule has 86 valence electrons. The Hall–Kier alpha value is -1.58. The number of aromatic nitrogens is 1. The van der Waals surface area contributed by atoms with Crippen molar-refractivity contribution >= 4 is 11.8 Å². The predicted octanol–water partition coefficient (Wildman–Crippen LogP) is 1.48. The largest absolute Gasteiger partial charge is 0.481 e. The van der Waals surface area contributed by atoms with Crippen molar-refractivity contribution in [1.82, 2.24) is 4.98 Å². The van der Waals surface area contributed by atoms with Crippen molar-refractivity contribution in [2.45, 2.75) is 25.7 Å². The molecule has 0 saturated carbocycles. The molecule has 0 atom stereocenters. The van der Waals surface area contributed by atoms with Crippen LogP contribution in [0, 0.1) is 0 Å². The second kappa shape index (κ2) is 4.51. The lowest BCUT2D eigenvalue weighted by atomic mass is 10.2. The van der Waals surface area contributed by atoms with Crippen LogP contribution in [-0.4, -0.2) is 29.7 Å². The summed E-state index contributed by atoms with van der Waals surface area (Å²) < 4.78 is 0. The summed E-state index contributed by atoms with van der Waals surface area (Å²) in [7, 11) is 1.88. The molecule has 2 rings (SSSR count). The Morgan fingerprint density at radius 1 is 1.50 bits per heavy atom. The van der Waals surface area contributed by atoms with Gasteiger partial charge in [-0.2, -0.15) is 0 Å².